The van der Waals surface area contributed by atoms with Gasteiger partial charge in [-0.2, -0.15) is 0 Å². The van der Waals surface area contributed by atoms with Crippen molar-refractivity contribution in [3.63, 3.8) is 0 Å². The molecule has 20 heavy (non-hydrogen) atoms. The number of nitrogens with one attached hydrogen (secondary N) is 1. The van der Waals surface area contributed by atoms with E-state index in [1.807, 2.05) is 31.2 Å². The molecule has 0 spiro atoms. The van der Waals surface area contributed by atoms with Crippen LogP contribution in [0.15, 0.2) is 42.5 Å². The highest BCUT2D eigenvalue weighted by Crippen LogP contribution is 2.28. The zero-order chi connectivity index (χ0) is 14.8. The third kappa shape index (κ3) is 2.96. The minimum absolute atomic E-state index is 0.224. The molecule has 2 N–H and O–H groups in total. The minimum Gasteiger partial charge on any atom is -0.394 e. The number of aryl methyl sites for hydroxylation is 1. The first-order valence-corrected chi connectivity index (χ1v) is 6.36. The van der Waals surface area contributed by atoms with Crippen molar-refractivity contribution in [2.45, 2.75) is 19.4 Å². The number of anilines is 1. The maximum atomic E-state index is 13.9. The molecule has 0 aliphatic rings. The Balaban J connectivity index is 2.35. The van der Waals surface area contributed by atoms with Crippen LogP contribution < -0.4 is 5.32 Å². The summed E-state index contributed by atoms with van der Waals surface area (Å²) in [4.78, 5) is 0. The van der Waals surface area contributed by atoms with Gasteiger partial charge in [-0.05, 0) is 32.0 Å². The Kier molecular flexibility index (Phi) is 4.04. The van der Waals surface area contributed by atoms with E-state index in [0.29, 0.717) is 0 Å². The molecule has 0 aliphatic carbocycles. The van der Waals surface area contributed by atoms with Crippen LogP contribution in [0.1, 0.15) is 18.1 Å². The second-order valence-electron chi connectivity index (χ2n) is 5.11. The average Bonchev–Trinajstić information content (AvgIpc) is 2.41. The van der Waals surface area contributed by atoms with Gasteiger partial charge in [0.05, 0.1) is 12.1 Å². The van der Waals surface area contributed by atoms with Gasteiger partial charge >= 0.3 is 0 Å². The van der Waals surface area contributed by atoms with Crippen LogP contribution in [-0.4, -0.2) is 11.7 Å². The number of rotatable bonds is 4. The van der Waals surface area contributed by atoms with Crippen molar-refractivity contribution in [1.29, 1.82) is 0 Å². The molecule has 0 bridgehead atoms. The lowest BCUT2D eigenvalue weighted by Crippen LogP contribution is -2.36. The molecule has 0 aromatic heterocycles. The summed E-state index contributed by atoms with van der Waals surface area (Å²) in [5.41, 5.74) is 1.07. The zero-order valence-electron chi connectivity index (χ0n) is 11.5. The molecular weight excluding hydrogens is 260 g/mol. The van der Waals surface area contributed by atoms with E-state index in [-0.39, 0.29) is 12.2 Å². The van der Waals surface area contributed by atoms with Gasteiger partial charge in [-0.1, -0.05) is 23.8 Å². The lowest BCUT2D eigenvalue weighted by atomic mass is 9.91. The van der Waals surface area contributed by atoms with Gasteiger partial charge in [0, 0.05) is 17.3 Å². The lowest BCUT2D eigenvalue weighted by Gasteiger charge is -2.31. The number of hydrogen-bond donors (Lipinski definition) is 2. The van der Waals surface area contributed by atoms with Crippen LogP contribution >= 0.6 is 0 Å². The second-order valence-corrected chi connectivity index (χ2v) is 5.11. The highest BCUT2D eigenvalue weighted by Gasteiger charge is 2.29. The summed E-state index contributed by atoms with van der Waals surface area (Å²) >= 11 is 0. The third-order valence-electron chi connectivity index (χ3n) is 3.31. The summed E-state index contributed by atoms with van der Waals surface area (Å²) in [5, 5.41) is 12.7. The topological polar surface area (TPSA) is 32.3 Å². The summed E-state index contributed by atoms with van der Waals surface area (Å²) in [5.74, 6) is -1.32. The predicted molar refractivity (Wildman–Crippen MR) is 75.6 cm³/mol. The highest BCUT2D eigenvalue weighted by molar-refractivity contribution is 5.49. The maximum Gasteiger partial charge on any atom is 0.131 e. The number of aliphatic hydroxyl groups excluding tert-OH is 1. The molecular formula is C16H17F2NO. The van der Waals surface area contributed by atoms with Crippen molar-refractivity contribution in [2.24, 2.45) is 0 Å². The van der Waals surface area contributed by atoms with Crippen molar-refractivity contribution < 1.29 is 13.9 Å². The molecule has 106 valence electrons. The SMILES string of the molecule is Cc1ccc(NC(C)(CO)c2ccc(F)cc2F)cc1. The quantitative estimate of drug-likeness (QED) is 0.895. The van der Waals surface area contributed by atoms with Gasteiger partial charge in [0.1, 0.15) is 11.6 Å². The monoisotopic (exact) mass is 277 g/mol. The molecule has 0 fully saturated rings. The molecule has 0 aliphatic heterocycles. The van der Waals surface area contributed by atoms with Crippen molar-refractivity contribution in [2.75, 3.05) is 11.9 Å². The van der Waals surface area contributed by atoms with E-state index < -0.39 is 17.2 Å². The fourth-order valence-electron chi connectivity index (χ4n) is 2.08. The smallest absolute Gasteiger partial charge is 0.131 e. The van der Waals surface area contributed by atoms with Crippen LogP contribution in [0.5, 0.6) is 0 Å². The van der Waals surface area contributed by atoms with Gasteiger partial charge < -0.3 is 10.4 Å². The van der Waals surface area contributed by atoms with Gasteiger partial charge in [0.15, 0.2) is 0 Å². The predicted octanol–water partition coefficient (Wildman–Crippen LogP) is 3.59. The zero-order valence-corrected chi connectivity index (χ0v) is 11.5. The van der Waals surface area contributed by atoms with Crippen molar-refractivity contribution in [3.05, 3.63) is 65.2 Å². The molecule has 1 atom stereocenters. The highest BCUT2D eigenvalue weighted by atomic mass is 19.1. The van der Waals surface area contributed by atoms with E-state index in [1.165, 1.54) is 12.1 Å². The Morgan fingerprint density at radius 2 is 1.75 bits per heavy atom. The molecule has 0 radical (unpaired) electrons. The minimum atomic E-state index is -1.02. The Bertz CT molecular complexity index is 598. The molecule has 2 aromatic rings. The average molecular weight is 277 g/mol. The molecule has 4 heteroatoms. The molecule has 0 saturated heterocycles. The molecule has 2 nitrogen and oxygen atoms in total. The van der Waals surface area contributed by atoms with Gasteiger partial charge in [-0.25, -0.2) is 8.78 Å². The second kappa shape index (κ2) is 5.59. The van der Waals surface area contributed by atoms with E-state index in [1.54, 1.807) is 6.92 Å². The van der Waals surface area contributed by atoms with Crippen LogP contribution in [0.4, 0.5) is 14.5 Å². The van der Waals surface area contributed by atoms with Gasteiger partial charge in [-0.3, -0.25) is 0 Å². The van der Waals surface area contributed by atoms with Gasteiger partial charge in [0.2, 0.25) is 0 Å². The largest absolute Gasteiger partial charge is 0.394 e. The van der Waals surface area contributed by atoms with Crippen LogP contribution in [0, 0.1) is 18.6 Å². The van der Waals surface area contributed by atoms with Crippen LogP contribution in [-0.2, 0) is 5.54 Å². The number of aliphatic hydroxyl groups is 1. The Morgan fingerprint density at radius 1 is 1.10 bits per heavy atom. The maximum absolute atomic E-state index is 13.9. The first-order valence-electron chi connectivity index (χ1n) is 6.36. The van der Waals surface area contributed by atoms with Crippen LogP contribution in [0.25, 0.3) is 0 Å². The van der Waals surface area contributed by atoms with E-state index in [2.05, 4.69) is 5.32 Å². The van der Waals surface area contributed by atoms with Crippen LogP contribution in [0.3, 0.4) is 0 Å². The fourth-order valence-corrected chi connectivity index (χ4v) is 2.08. The Morgan fingerprint density at radius 3 is 2.30 bits per heavy atom. The van der Waals surface area contributed by atoms with E-state index in [9.17, 15) is 13.9 Å². The summed E-state index contributed by atoms with van der Waals surface area (Å²) in [6.45, 7) is 3.32. The van der Waals surface area contributed by atoms with Gasteiger partial charge in [-0.15, -0.1) is 0 Å². The molecule has 1 unspecified atom stereocenters. The molecule has 2 aromatic carbocycles. The first kappa shape index (κ1) is 14.5. The Labute approximate surface area is 117 Å². The summed E-state index contributed by atoms with van der Waals surface area (Å²) in [6.07, 6.45) is 0. The number of halogens is 2. The molecule has 0 amide bonds. The normalized spacial score (nSPS) is 13.8. The molecule has 2 rings (SSSR count). The van der Waals surface area contributed by atoms with Crippen molar-refractivity contribution >= 4 is 5.69 Å². The number of hydrogen-bond acceptors (Lipinski definition) is 2. The van der Waals surface area contributed by atoms with Crippen LogP contribution in [0.2, 0.25) is 0 Å². The van der Waals surface area contributed by atoms with Gasteiger partial charge in [0.25, 0.3) is 0 Å². The van der Waals surface area contributed by atoms with E-state index in [0.717, 1.165) is 17.3 Å². The van der Waals surface area contributed by atoms with E-state index >= 15 is 0 Å². The first-order chi connectivity index (χ1) is 9.44. The summed E-state index contributed by atoms with van der Waals surface area (Å²) in [6, 6.07) is 10.9. The summed E-state index contributed by atoms with van der Waals surface area (Å²) in [7, 11) is 0. The van der Waals surface area contributed by atoms with Crippen molar-refractivity contribution in [3.8, 4) is 0 Å². The molecule has 0 saturated carbocycles. The Hall–Kier alpha value is -1.94. The third-order valence-corrected chi connectivity index (χ3v) is 3.31. The molecule has 0 heterocycles. The number of benzene rings is 2. The fraction of sp³-hybridized carbons (Fsp3) is 0.250. The van der Waals surface area contributed by atoms with Crippen molar-refractivity contribution in [1.82, 2.24) is 0 Å². The standard InChI is InChI=1S/C16H17F2NO/c1-11-3-6-13(7-4-11)19-16(2,10-20)14-8-5-12(17)9-15(14)18/h3-9,19-20H,10H2,1-2H3. The summed E-state index contributed by atoms with van der Waals surface area (Å²) < 4.78 is 26.9. The lowest BCUT2D eigenvalue weighted by molar-refractivity contribution is 0.220. The van der Waals surface area contributed by atoms with E-state index in [4.69, 9.17) is 0 Å².